The molecule has 10 nitrogen and oxygen atoms in total. The highest BCUT2D eigenvalue weighted by Crippen LogP contribution is 2.39. The molecule has 0 aromatic carbocycles. The maximum atomic E-state index is 13.3. The van der Waals surface area contributed by atoms with Crippen molar-refractivity contribution in [1.82, 2.24) is 20.2 Å². The second-order valence-electron chi connectivity index (χ2n) is 11.5. The number of hydrogen-bond donors (Lipinski definition) is 2. The Morgan fingerprint density at radius 1 is 1.21 bits per heavy atom. The summed E-state index contributed by atoms with van der Waals surface area (Å²) in [5.41, 5.74) is -0.910. The van der Waals surface area contributed by atoms with E-state index in [9.17, 15) is 22.8 Å². The van der Waals surface area contributed by atoms with Crippen LogP contribution < -0.4 is 10.2 Å². The smallest absolute Gasteiger partial charge is 0.419 e. The van der Waals surface area contributed by atoms with Crippen molar-refractivity contribution in [3.8, 4) is 0 Å². The predicted octanol–water partition coefficient (Wildman–Crippen LogP) is 3.74. The van der Waals surface area contributed by atoms with E-state index < -0.39 is 44.4 Å². The van der Waals surface area contributed by atoms with E-state index in [1.807, 2.05) is 4.90 Å². The van der Waals surface area contributed by atoms with Crippen molar-refractivity contribution in [1.29, 1.82) is 0 Å². The molecule has 3 rings (SSSR count). The number of anilines is 1. The van der Waals surface area contributed by atoms with Crippen LogP contribution in [0.2, 0.25) is 18.1 Å². The highest BCUT2D eigenvalue weighted by molar-refractivity contribution is 6.74. The van der Waals surface area contributed by atoms with Gasteiger partial charge in [0.25, 0.3) is 5.91 Å². The monoisotopic (exact) mass is 561 g/mol. The lowest BCUT2D eigenvalue weighted by molar-refractivity contribution is -0.141. The van der Waals surface area contributed by atoms with Gasteiger partial charge in [-0.3, -0.25) is 4.79 Å². The summed E-state index contributed by atoms with van der Waals surface area (Å²) in [7, 11) is -2.28. The summed E-state index contributed by atoms with van der Waals surface area (Å²) < 4.78 is 51.5. The summed E-state index contributed by atoms with van der Waals surface area (Å²) in [5, 5.41) is 11.1. The molecule has 2 aliphatic rings. The maximum absolute atomic E-state index is 13.3. The van der Waals surface area contributed by atoms with Crippen LogP contribution in [0, 0.1) is 0 Å². The first kappa shape index (κ1) is 30.1. The van der Waals surface area contributed by atoms with Gasteiger partial charge < -0.3 is 29.4 Å². The van der Waals surface area contributed by atoms with Gasteiger partial charge in [-0.2, -0.15) is 13.2 Å². The normalized spacial score (nSPS) is 24.0. The predicted molar refractivity (Wildman–Crippen MR) is 136 cm³/mol. The number of rotatable bonds is 8. The summed E-state index contributed by atoms with van der Waals surface area (Å²) in [6.07, 6.45) is -4.17. The third-order valence-corrected chi connectivity index (χ3v) is 12.0. The summed E-state index contributed by atoms with van der Waals surface area (Å²) in [4.78, 5) is 35.6. The highest BCUT2D eigenvalue weighted by atomic mass is 28.4. The Balaban J connectivity index is 1.76. The first-order valence-corrected chi connectivity index (χ1v) is 15.6. The Morgan fingerprint density at radius 2 is 1.84 bits per heavy atom. The number of nitrogens with one attached hydrogen (secondary N) is 1. The Kier molecular flexibility index (Phi) is 8.98. The number of likely N-dealkylation sites (tertiary alicyclic amines) is 1. The van der Waals surface area contributed by atoms with Gasteiger partial charge in [0.05, 0.1) is 30.4 Å². The second kappa shape index (κ2) is 11.3. The van der Waals surface area contributed by atoms with Crippen molar-refractivity contribution < 1.29 is 37.0 Å². The molecule has 14 heteroatoms. The van der Waals surface area contributed by atoms with E-state index in [1.54, 1.807) is 11.8 Å². The minimum Gasteiger partial charge on any atom is -0.465 e. The van der Waals surface area contributed by atoms with Crippen LogP contribution in [0.25, 0.3) is 0 Å². The molecule has 2 saturated heterocycles. The van der Waals surface area contributed by atoms with Gasteiger partial charge >= 0.3 is 12.3 Å². The number of piperidine rings is 1. The van der Waals surface area contributed by atoms with E-state index in [0.717, 1.165) is 12.4 Å². The number of aromatic nitrogens is 2. The van der Waals surface area contributed by atoms with Crippen LogP contribution in [-0.4, -0.2) is 90.8 Å². The molecule has 2 N–H and O–H groups in total. The van der Waals surface area contributed by atoms with Crippen LogP contribution in [0.3, 0.4) is 0 Å². The average Bonchev–Trinajstić information content (AvgIpc) is 3.15. The molecule has 2 fully saturated rings. The minimum absolute atomic E-state index is 0.0736. The topological polar surface area (TPSA) is 117 Å². The standard InChI is InChI=1S/C24H38F3N5O5Si/c1-15(30-22(34)35)14-36-18-8-10-32(20(18)33)17-7-9-31(13-19(17)37-38(5,6)23(2,3)4)21-28-11-16(12-29-21)24(25,26)27/h11-12,15,17-19,30H,7-10,13-14H2,1-6H3,(H,34,35)/t15?,17-,18+,19+/m0/s1. The van der Waals surface area contributed by atoms with E-state index in [2.05, 4.69) is 49.1 Å². The molecule has 1 unspecified atom stereocenters. The van der Waals surface area contributed by atoms with Crippen molar-refractivity contribution in [3.63, 3.8) is 0 Å². The number of halogens is 3. The molecule has 0 spiro atoms. The van der Waals surface area contributed by atoms with E-state index in [1.165, 1.54) is 0 Å². The molecular weight excluding hydrogens is 523 g/mol. The SMILES string of the molecule is CC(CO[C@@H]1CCN([C@H]2CCN(c3ncc(C(F)(F)F)cn3)C[C@H]2O[Si](C)(C)C(C)(C)C)C1=O)NC(=O)O. The third-order valence-electron chi connectivity index (χ3n) is 7.53. The first-order chi connectivity index (χ1) is 17.5. The summed E-state index contributed by atoms with van der Waals surface area (Å²) in [6, 6.07) is -0.707. The molecule has 2 amide bonds. The molecular formula is C24H38F3N5O5Si. The molecule has 214 valence electrons. The zero-order chi connectivity index (χ0) is 28.5. The quantitative estimate of drug-likeness (QED) is 0.461. The zero-order valence-electron chi connectivity index (χ0n) is 22.7. The first-order valence-electron chi connectivity index (χ1n) is 12.7. The molecule has 2 aliphatic heterocycles. The summed E-state index contributed by atoms with van der Waals surface area (Å²) in [6.45, 7) is 13.6. The van der Waals surface area contributed by atoms with Crippen LogP contribution in [0.15, 0.2) is 12.4 Å². The van der Waals surface area contributed by atoms with Crippen molar-refractivity contribution in [3.05, 3.63) is 18.0 Å². The molecule has 0 bridgehead atoms. The molecule has 0 aliphatic carbocycles. The Hall–Kier alpha value is -2.45. The van der Waals surface area contributed by atoms with Crippen molar-refractivity contribution in [2.75, 3.05) is 31.1 Å². The molecule has 38 heavy (non-hydrogen) atoms. The molecule has 0 saturated carbocycles. The second-order valence-corrected chi connectivity index (χ2v) is 16.2. The number of amides is 2. The Bertz CT molecular complexity index is 989. The van der Waals surface area contributed by atoms with Crippen LogP contribution in [0.1, 0.15) is 46.1 Å². The van der Waals surface area contributed by atoms with Gasteiger partial charge in [-0.1, -0.05) is 20.8 Å². The number of carbonyl (C=O) groups is 2. The van der Waals surface area contributed by atoms with E-state index in [-0.39, 0.29) is 29.5 Å². The number of hydrogen-bond acceptors (Lipinski definition) is 7. The molecule has 1 aromatic heterocycles. The summed E-state index contributed by atoms with van der Waals surface area (Å²) >= 11 is 0. The molecule has 1 aromatic rings. The fourth-order valence-corrected chi connectivity index (χ4v) is 5.76. The Labute approximate surface area is 222 Å². The number of alkyl halides is 3. The third kappa shape index (κ3) is 7.14. The number of carboxylic acid groups (broad SMARTS) is 1. The summed E-state index contributed by atoms with van der Waals surface area (Å²) in [5.74, 6) is 0.0229. The number of nitrogens with zero attached hydrogens (tertiary/aromatic N) is 4. The minimum atomic E-state index is -4.52. The van der Waals surface area contributed by atoms with Crippen LogP contribution in [0.5, 0.6) is 0 Å². The zero-order valence-corrected chi connectivity index (χ0v) is 23.7. The van der Waals surface area contributed by atoms with Crippen molar-refractivity contribution >= 4 is 26.3 Å². The van der Waals surface area contributed by atoms with Crippen molar-refractivity contribution in [2.24, 2.45) is 0 Å². The van der Waals surface area contributed by atoms with Gasteiger partial charge in [-0.05, 0) is 31.5 Å². The van der Waals surface area contributed by atoms with Gasteiger partial charge in [0, 0.05) is 38.4 Å². The van der Waals surface area contributed by atoms with Gasteiger partial charge in [0.1, 0.15) is 6.10 Å². The molecule has 3 heterocycles. The van der Waals surface area contributed by atoms with Gasteiger partial charge in [0.15, 0.2) is 8.32 Å². The van der Waals surface area contributed by atoms with Crippen molar-refractivity contribution in [2.45, 2.75) is 89.1 Å². The fraction of sp³-hybridized carbons (Fsp3) is 0.750. The highest BCUT2D eigenvalue weighted by Gasteiger charge is 2.47. The van der Waals surface area contributed by atoms with Crippen LogP contribution >= 0.6 is 0 Å². The average molecular weight is 562 g/mol. The molecule has 4 atom stereocenters. The van der Waals surface area contributed by atoms with Crippen LogP contribution in [-0.2, 0) is 20.1 Å². The lowest BCUT2D eigenvalue weighted by Crippen LogP contribution is -2.60. The largest absolute Gasteiger partial charge is 0.465 e. The fourth-order valence-electron chi connectivity index (χ4n) is 4.42. The van der Waals surface area contributed by atoms with E-state index >= 15 is 0 Å². The van der Waals surface area contributed by atoms with Gasteiger partial charge in [-0.15, -0.1) is 0 Å². The number of ether oxygens (including phenoxy) is 1. The van der Waals surface area contributed by atoms with Crippen LogP contribution in [0.4, 0.5) is 23.9 Å². The van der Waals surface area contributed by atoms with Gasteiger partial charge in [-0.25, -0.2) is 14.8 Å². The van der Waals surface area contributed by atoms with E-state index in [0.29, 0.717) is 32.5 Å². The lowest BCUT2D eigenvalue weighted by Gasteiger charge is -2.47. The Morgan fingerprint density at radius 3 is 2.39 bits per heavy atom. The van der Waals surface area contributed by atoms with E-state index in [4.69, 9.17) is 14.3 Å². The molecule has 0 radical (unpaired) electrons. The lowest BCUT2D eigenvalue weighted by atomic mass is 10.0. The number of carbonyl (C=O) groups excluding carboxylic acids is 1. The maximum Gasteiger partial charge on any atom is 0.419 e. The van der Waals surface area contributed by atoms with Gasteiger partial charge in [0.2, 0.25) is 5.95 Å².